The van der Waals surface area contributed by atoms with E-state index < -0.39 is 15.3 Å². The fourth-order valence-electron chi connectivity index (χ4n) is 0. The maximum absolute atomic E-state index is 8.25. The van der Waals surface area contributed by atoms with Gasteiger partial charge in [-0.2, -0.15) is 0 Å². The molecule has 0 heterocycles. The molecule has 0 aromatic heterocycles. The molecule has 0 rings (SSSR count). The van der Waals surface area contributed by atoms with Gasteiger partial charge >= 0.3 is 53.6 Å². The smallest absolute Gasteiger partial charge is 0.356 e. The van der Waals surface area contributed by atoms with Crippen molar-refractivity contribution in [2.75, 3.05) is 0 Å². The van der Waals surface area contributed by atoms with E-state index in [1.54, 1.807) is 0 Å². The predicted octanol–water partition coefficient (Wildman–Crippen LogP) is -0.725. The second-order valence-corrected chi connectivity index (χ2v) is 0.671. The standard InChI is InChI=1S/Cu.Mn.3NO3.Zn/c;;3*2-1(3)4;/q2*+2;3*-1;+2. The minimum atomic E-state index is -1.75. The third-order valence-corrected chi connectivity index (χ3v) is 0. The molecule has 0 aliphatic carbocycles. The molecule has 0 saturated heterocycles. The molecular formula is CuMnN3O9Zn+3. The van der Waals surface area contributed by atoms with Gasteiger partial charge in [-0.15, -0.1) is 0 Å². The normalized spacial score (nSPS) is 4.80. The van der Waals surface area contributed by atoms with Crippen LogP contribution >= 0.6 is 0 Å². The van der Waals surface area contributed by atoms with Crippen molar-refractivity contribution in [3.63, 3.8) is 0 Å². The molecule has 0 unspecified atom stereocenters. The molecule has 0 bridgehead atoms. The van der Waals surface area contributed by atoms with Crippen molar-refractivity contribution in [2.45, 2.75) is 0 Å². The Balaban J connectivity index is -0.0000000184. The summed E-state index contributed by atoms with van der Waals surface area (Å²) in [5.41, 5.74) is 0. The van der Waals surface area contributed by atoms with Gasteiger partial charge in [-0.1, -0.05) is 0 Å². The molecule has 0 spiro atoms. The average molecular weight is 370 g/mol. The average Bonchev–Trinajstić information content (AvgIpc) is 1.54. The van der Waals surface area contributed by atoms with Crippen LogP contribution in [0.5, 0.6) is 0 Å². The van der Waals surface area contributed by atoms with Gasteiger partial charge in [0.05, 0.1) is 15.3 Å². The molecule has 86 valence electrons. The summed E-state index contributed by atoms with van der Waals surface area (Å²) in [5.74, 6) is 0. The fraction of sp³-hybridized carbons (Fsp3) is 0. The Bertz CT molecular complexity index is 123. The third kappa shape index (κ3) is 3090. The number of nitrogens with zero attached hydrogens (tertiary/aromatic N) is 3. The van der Waals surface area contributed by atoms with Crippen molar-refractivity contribution >= 4 is 0 Å². The molecule has 0 aromatic carbocycles. The van der Waals surface area contributed by atoms with Crippen LogP contribution in [-0.2, 0) is 53.6 Å². The summed E-state index contributed by atoms with van der Waals surface area (Å²) in [7, 11) is 0. The van der Waals surface area contributed by atoms with Gasteiger partial charge in [0.25, 0.3) is 0 Å². The minimum Gasteiger partial charge on any atom is -0.356 e. The van der Waals surface area contributed by atoms with E-state index in [1.165, 1.54) is 0 Å². The Morgan fingerprint density at radius 1 is 0.600 bits per heavy atom. The van der Waals surface area contributed by atoms with E-state index in [-0.39, 0.29) is 53.6 Å². The van der Waals surface area contributed by atoms with E-state index >= 15 is 0 Å². The first-order valence-electron chi connectivity index (χ1n) is 1.64. The Morgan fingerprint density at radius 2 is 0.600 bits per heavy atom. The molecule has 15 heteroatoms. The van der Waals surface area contributed by atoms with Gasteiger partial charge in [0.15, 0.2) is 0 Å². The van der Waals surface area contributed by atoms with E-state index in [0.717, 1.165) is 0 Å². The van der Waals surface area contributed by atoms with Crippen LogP contribution in [0.3, 0.4) is 0 Å². The molecule has 0 aromatic rings. The van der Waals surface area contributed by atoms with E-state index in [9.17, 15) is 0 Å². The molecule has 12 nitrogen and oxygen atoms in total. The first kappa shape index (κ1) is 36.7. The topological polar surface area (TPSA) is 199 Å². The van der Waals surface area contributed by atoms with Crippen LogP contribution in [0.2, 0.25) is 0 Å². The van der Waals surface area contributed by atoms with Crippen LogP contribution in [0.1, 0.15) is 0 Å². The van der Waals surface area contributed by atoms with Gasteiger partial charge in [0.1, 0.15) is 0 Å². The van der Waals surface area contributed by atoms with Gasteiger partial charge in [0, 0.05) is 0 Å². The molecule has 2 radical (unpaired) electrons. The SMILES string of the molecule is O=[N+]([O-])[O-].O=[N+]([O-])[O-].O=[N+]([O-])[O-].[Cu+2].[Mn+2].[Zn+2]. The second kappa shape index (κ2) is 29.2. The van der Waals surface area contributed by atoms with Crippen LogP contribution in [0.15, 0.2) is 0 Å². The van der Waals surface area contributed by atoms with Crippen LogP contribution < -0.4 is 0 Å². The Hall–Kier alpha value is -0.738. The van der Waals surface area contributed by atoms with Gasteiger partial charge in [-0.3, -0.25) is 0 Å². The summed E-state index contributed by atoms with van der Waals surface area (Å²) < 4.78 is 0. The third-order valence-electron chi connectivity index (χ3n) is 0. The zero-order chi connectivity index (χ0) is 10.7. The van der Waals surface area contributed by atoms with E-state index in [4.69, 9.17) is 46.0 Å². The van der Waals surface area contributed by atoms with Crippen molar-refractivity contribution < 1.29 is 68.9 Å². The monoisotopic (exact) mass is 368 g/mol. The van der Waals surface area contributed by atoms with Crippen LogP contribution in [0.25, 0.3) is 0 Å². The maximum Gasteiger partial charge on any atom is 2.00 e. The summed E-state index contributed by atoms with van der Waals surface area (Å²) >= 11 is 0. The van der Waals surface area contributed by atoms with Crippen LogP contribution in [0, 0.1) is 46.0 Å². The van der Waals surface area contributed by atoms with Gasteiger partial charge < -0.3 is 46.0 Å². The molecular weight excluding hydrogens is 370 g/mol. The quantitative estimate of drug-likeness (QED) is 0.300. The number of hydrogen-bond acceptors (Lipinski definition) is 9. The molecule has 15 heavy (non-hydrogen) atoms. The maximum atomic E-state index is 8.25. The van der Waals surface area contributed by atoms with Crippen molar-refractivity contribution in [3.05, 3.63) is 46.0 Å². The minimum absolute atomic E-state index is 0. The predicted molar refractivity (Wildman–Crippen MR) is 31.1 cm³/mol. The molecule has 0 saturated carbocycles. The first-order chi connectivity index (χ1) is 5.20. The fourth-order valence-corrected chi connectivity index (χ4v) is 0. The van der Waals surface area contributed by atoms with Crippen molar-refractivity contribution in [2.24, 2.45) is 0 Å². The number of hydrogen-bond donors (Lipinski definition) is 0. The van der Waals surface area contributed by atoms with Gasteiger partial charge in [-0.05, 0) is 0 Å². The van der Waals surface area contributed by atoms with E-state index in [0.29, 0.717) is 0 Å². The summed E-state index contributed by atoms with van der Waals surface area (Å²) in [4.78, 5) is 24.8. The summed E-state index contributed by atoms with van der Waals surface area (Å²) in [6, 6.07) is 0. The van der Waals surface area contributed by atoms with Crippen molar-refractivity contribution in [1.29, 1.82) is 0 Å². The summed E-state index contributed by atoms with van der Waals surface area (Å²) in [6.07, 6.45) is 0. The van der Waals surface area contributed by atoms with Gasteiger partial charge in [0.2, 0.25) is 0 Å². The van der Waals surface area contributed by atoms with Crippen LogP contribution in [0.4, 0.5) is 0 Å². The summed E-state index contributed by atoms with van der Waals surface area (Å²) in [5, 5.41) is 44.2. The molecule has 0 atom stereocenters. The second-order valence-electron chi connectivity index (χ2n) is 0.671. The Morgan fingerprint density at radius 3 is 0.600 bits per heavy atom. The molecule has 0 amide bonds. The largest absolute Gasteiger partial charge is 2.00 e. The Kier molecular flexibility index (Phi) is 71.6. The Labute approximate surface area is 115 Å². The summed E-state index contributed by atoms with van der Waals surface area (Å²) in [6.45, 7) is 0. The molecule has 0 N–H and O–H groups in total. The number of rotatable bonds is 0. The zero-order valence-corrected chi connectivity index (χ0v) is 11.5. The van der Waals surface area contributed by atoms with Crippen molar-refractivity contribution in [1.82, 2.24) is 0 Å². The van der Waals surface area contributed by atoms with E-state index in [2.05, 4.69) is 0 Å². The molecule has 0 aliphatic rings. The van der Waals surface area contributed by atoms with Gasteiger partial charge in [-0.25, -0.2) is 0 Å². The molecule has 0 fully saturated rings. The van der Waals surface area contributed by atoms with Crippen LogP contribution in [-0.4, -0.2) is 15.3 Å². The zero-order valence-electron chi connectivity index (χ0n) is 6.40. The molecule has 0 aliphatic heterocycles. The van der Waals surface area contributed by atoms with Crippen molar-refractivity contribution in [3.8, 4) is 0 Å². The van der Waals surface area contributed by atoms with E-state index in [1.807, 2.05) is 0 Å². The first-order valence-corrected chi connectivity index (χ1v) is 1.64.